The minimum Gasteiger partial charge on any atom is -0.493 e. The van der Waals surface area contributed by atoms with E-state index in [9.17, 15) is 4.79 Å². The van der Waals surface area contributed by atoms with Crippen LogP contribution >= 0.6 is 11.8 Å². The van der Waals surface area contributed by atoms with Gasteiger partial charge in [-0.15, -0.1) is 11.8 Å². The van der Waals surface area contributed by atoms with Gasteiger partial charge >= 0.3 is 0 Å². The fourth-order valence-corrected chi connectivity index (χ4v) is 4.15. The number of thioether (sulfide) groups is 1. The highest BCUT2D eigenvalue weighted by Gasteiger charge is 2.17. The summed E-state index contributed by atoms with van der Waals surface area (Å²) in [7, 11) is 0. The molecule has 0 spiro atoms. The third kappa shape index (κ3) is 6.02. The minimum absolute atomic E-state index is 0.117. The van der Waals surface area contributed by atoms with Crippen molar-refractivity contribution in [3.8, 4) is 5.75 Å². The first kappa shape index (κ1) is 21.7. The van der Waals surface area contributed by atoms with Crippen molar-refractivity contribution in [2.75, 3.05) is 12.4 Å². The molecule has 0 unspecified atom stereocenters. The quantitative estimate of drug-likeness (QED) is 0.243. The second-order valence-corrected chi connectivity index (χ2v) is 8.43. The van der Waals surface area contributed by atoms with Crippen LogP contribution in [-0.2, 0) is 0 Å². The van der Waals surface area contributed by atoms with Gasteiger partial charge in [-0.05, 0) is 47.5 Å². The summed E-state index contributed by atoms with van der Waals surface area (Å²) in [5, 5.41) is 3.17. The van der Waals surface area contributed by atoms with Gasteiger partial charge in [-0.1, -0.05) is 78.9 Å². The highest BCUT2D eigenvalue weighted by molar-refractivity contribution is 7.99. The topological polar surface area (TPSA) is 38.3 Å². The van der Waals surface area contributed by atoms with Crippen molar-refractivity contribution >= 4 is 17.7 Å². The van der Waals surface area contributed by atoms with Crippen molar-refractivity contribution < 1.29 is 9.53 Å². The fraction of sp³-hybridized carbons (Fsp3) is 0.107. The summed E-state index contributed by atoms with van der Waals surface area (Å²) >= 11 is 1.76. The normalized spacial score (nSPS) is 10.7. The number of hydrogen-bond donors (Lipinski definition) is 1. The zero-order valence-corrected chi connectivity index (χ0v) is 18.5. The van der Waals surface area contributed by atoms with E-state index in [1.807, 2.05) is 103 Å². The van der Waals surface area contributed by atoms with Crippen LogP contribution < -0.4 is 10.1 Å². The van der Waals surface area contributed by atoms with E-state index in [0.717, 1.165) is 22.6 Å². The van der Waals surface area contributed by atoms with Crippen LogP contribution in [0.1, 0.15) is 27.5 Å². The fourth-order valence-electron chi connectivity index (χ4n) is 3.40. The predicted octanol–water partition coefficient (Wildman–Crippen LogP) is 6.38. The highest BCUT2D eigenvalue weighted by atomic mass is 32.2. The van der Waals surface area contributed by atoms with E-state index in [1.54, 1.807) is 11.8 Å². The second-order valence-electron chi connectivity index (χ2n) is 7.26. The summed E-state index contributed by atoms with van der Waals surface area (Å²) in [6, 6.07) is 37.4. The first-order valence-corrected chi connectivity index (χ1v) is 11.6. The Morgan fingerprint density at radius 2 is 1.25 bits per heavy atom. The monoisotopic (exact) mass is 439 g/mol. The number of hydrogen-bond acceptors (Lipinski definition) is 3. The zero-order chi connectivity index (χ0) is 22.0. The van der Waals surface area contributed by atoms with Gasteiger partial charge in [-0.25, -0.2) is 0 Å². The van der Waals surface area contributed by atoms with Gasteiger partial charge in [0.25, 0.3) is 5.91 Å². The number of carbonyl (C=O) groups excluding carboxylic acids is 1. The minimum atomic E-state index is -0.212. The molecule has 3 nitrogen and oxygen atoms in total. The third-order valence-electron chi connectivity index (χ3n) is 5.02. The number of ether oxygens (including phenoxy) is 1. The molecule has 0 radical (unpaired) electrons. The molecule has 0 bridgehead atoms. The van der Waals surface area contributed by atoms with Gasteiger partial charge in [-0.2, -0.15) is 0 Å². The SMILES string of the molecule is O=C(NC(c1ccccc1)c1ccccc1)c1ccc(OCCSc2ccccc2)cc1. The predicted molar refractivity (Wildman–Crippen MR) is 131 cm³/mol. The Bertz CT molecular complexity index is 1060. The molecular weight excluding hydrogens is 414 g/mol. The maximum absolute atomic E-state index is 13.0. The molecule has 0 saturated carbocycles. The molecule has 0 aliphatic carbocycles. The molecule has 1 N–H and O–H groups in total. The zero-order valence-electron chi connectivity index (χ0n) is 17.7. The maximum Gasteiger partial charge on any atom is 0.252 e. The van der Waals surface area contributed by atoms with E-state index in [0.29, 0.717) is 12.2 Å². The molecular formula is C28H25NO2S. The van der Waals surface area contributed by atoms with Gasteiger partial charge in [0.05, 0.1) is 12.6 Å². The lowest BCUT2D eigenvalue weighted by atomic mass is 9.98. The summed E-state index contributed by atoms with van der Waals surface area (Å²) in [5.41, 5.74) is 2.69. The molecule has 32 heavy (non-hydrogen) atoms. The number of nitrogens with one attached hydrogen (secondary N) is 1. The molecule has 0 aliphatic heterocycles. The Labute approximate surface area is 193 Å². The Morgan fingerprint density at radius 3 is 1.81 bits per heavy atom. The van der Waals surface area contributed by atoms with Crippen LogP contribution in [0.25, 0.3) is 0 Å². The number of carbonyl (C=O) groups is 1. The summed E-state index contributed by atoms with van der Waals surface area (Å²) in [6.45, 7) is 0.606. The van der Waals surface area contributed by atoms with Gasteiger partial charge in [0.1, 0.15) is 5.75 Å². The van der Waals surface area contributed by atoms with Gasteiger partial charge in [-0.3, -0.25) is 4.79 Å². The van der Waals surface area contributed by atoms with Gasteiger partial charge in [0.2, 0.25) is 0 Å². The van der Waals surface area contributed by atoms with E-state index in [4.69, 9.17) is 4.74 Å². The lowest BCUT2D eigenvalue weighted by Gasteiger charge is -2.20. The van der Waals surface area contributed by atoms with Crippen LogP contribution in [0.2, 0.25) is 0 Å². The van der Waals surface area contributed by atoms with Crippen LogP contribution in [-0.4, -0.2) is 18.3 Å². The summed E-state index contributed by atoms with van der Waals surface area (Å²) < 4.78 is 5.83. The van der Waals surface area contributed by atoms with Crippen molar-refractivity contribution in [2.24, 2.45) is 0 Å². The average Bonchev–Trinajstić information content (AvgIpc) is 2.87. The third-order valence-corrected chi connectivity index (χ3v) is 6.00. The Morgan fingerprint density at radius 1 is 0.719 bits per heavy atom. The number of amides is 1. The summed E-state index contributed by atoms with van der Waals surface area (Å²) in [4.78, 5) is 14.2. The van der Waals surface area contributed by atoms with Crippen LogP contribution in [0.15, 0.2) is 120 Å². The first-order chi connectivity index (χ1) is 15.8. The molecule has 0 aliphatic rings. The van der Waals surface area contributed by atoms with Crippen LogP contribution in [0.5, 0.6) is 5.75 Å². The van der Waals surface area contributed by atoms with E-state index in [1.165, 1.54) is 4.90 Å². The Hall–Kier alpha value is -3.50. The smallest absolute Gasteiger partial charge is 0.252 e. The summed E-state index contributed by atoms with van der Waals surface area (Å²) in [5.74, 6) is 1.51. The van der Waals surface area contributed by atoms with Gasteiger partial charge < -0.3 is 10.1 Å². The van der Waals surface area contributed by atoms with E-state index in [2.05, 4.69) is 17.4 Å². The van der Waals surface area contributed by atoms with Crippen LogP contribution in [0.3, 0.4) is 0 Å². The lowest BCUT2D eigenvalue weighted by molar-refractivity contribution is 0.0943. The standard InChI is InChI=1S/C28H25NO2S/c30-28(29-27(22-10-4-1-5-11-22)23-12-6-2-7-13-23)24-16-18-25(19-17-24)31-20-21-32-26-14-8-3-9-15-26/h1-19,27H,20-21H2,(H,29,30). The second kappa shape index (κ2) is 11.2. The van der Waals surface area contributed by atoms with Gasteiger partial charge in [0, 0.05) is 16.2 Å². The summed E-state index contributed by atoms with van der Waals surface area (Å²) in [6.07, 6.45) is 0. The molecule has 0 saturated heterocycles. The van der Waals surface area contributed by atoms with Crippen molar-refractivity contribution in [2.45, 2.75) is 10.9 Å². The van der Waals surface area contributed by atoms with E-state index in [-0.39, 0.29) is 11.9 Å². The Balaban J connectivity index is 1.36. The highest BCUT2D eigenvalue weighted by Crippen LogP contribution is 2.23. The number of rotatable bonds is 9. The van der Waals surface area contributed by atoms with Gasteiger partial charge in [0.15, 0.2) is 0 Å². The van der Waals surface area contributed by atoms with Crippen molar-refractivity contribution in [1.82, 2.24) is 5.32 Å². The molecule has 160 valence electrons. The molecule has 0 heterocycles. The lowest BCUT2D eigenvalue weighted by Crippen LogP contribution is -2.29. The van der Waals surface area contributed by atoms with Crippen molar-refractivity contribution in [1.29, 1.82) is 0 Å². The van der Waals surface area contributed by atoms with E-state index < -0.39 is 0 Å². The molecule has 4 aromatic carbocycles. The maximum atomic E-state index is 13.0. The van der Waals surface area contributed by atoms with Crippen molar-refractivity contribution in [3.05, 3.63) is 132 Å². The van der Waals surface area contributed by atoms with Crippen LogP contribution in [0.4, 0.5) is 0 Å². The molecule has 4 aromatic rings. The molecule has 0 atom stereocenters. The molecule has 0 aromatic heterocycles. The molecule has 4 rings (SSSR count). The van der Waals surface area contributed by atoms with E-state index >= 15 is 0 Å². The van der Waals surface area contributed by atoms with Crippen molar-refractivity contribution in [3.63, 3.8) is 0 Å². The Kier molecular flexibility index (Phi) is 7.61. The van der Waals surface area contributed by atoms with Crippen LogP contribution in [0, 0.1) is 0 Å². The largest absolute Gasteiger partial charge is 0.493 e. The molecule has 1 amide bonds. The molecule has 0 fully saturated rings. The first-order valence-electron chi connectivity index (χ1n) is 10.6. The number of benzene rings is 4. The average molecular weight is 440 g/mol. The molecule has 4 heteroatoms.